The highest BCUT2D eigenvalue weighted by molar-refractivity contribution is 5.85. The maximum atomic E-state index is 13.1. The van der Waals surface area contributed by atoms with E-state index in [4.69, 9.17) is 5.73 Å². The van der Waals surface area contributed by atoms with Crippen LogP contribution in [0.1, 0.15) is 24.8 Å². The summed E-state index contributed by atoms with van der Waals surface area (Å²) in [6, 6.07) is 4.03. The first-order chi connectivity index (χ1) is 8.19. The van der Waals surface area contributed by atoms with Crippen LogP contribution >= 0.6 is 12.4 Å². The van der Waals surface area contributed by atoms with E-state index in [0.717, 1.165) is 25.5 Å². The lowest BCUT2D eigenvalue weighted by Crippen LogP contribution is -2.43. The molecule has 1 aromatic rings. The second-order valence-corrected chi connectivity index (χ2v) is 4.63. The minimum atomic E-state index is -0.513. The van der Waals surface area contributed by atoms with E-state index >= 15 is 0 Å². The molecule has 0 spiro atoms. The minimum Gasteiger partial charge on any atom is -0.329 e. The Morgan fingerprint density at radius 2 is 1.83 bits per heavy atom. The SMILES string of the molecule is Cl.NCC1CCCCN1Cc1cc(F)cc(F)c1. The Morgan fingerprint density at radius 1 is 1.17 bits per heavy atom. The van der Waals surface area contributed by atoms with E-state index in [1.54, 1.807) is 0 Å². The number of rotatable bonds is 3. The zero-order valence-electron chi connectivity index (χ0n) is 10.2. The van der Waals surface area contributed by atoms with Gasteiger partial charge < -0.3 is 5.73 Å². The van der Waals surface area contributed by atoms with E-state index in [-0.39, 0.29) is 12.4 Å². The van der Waals surface area contributed by atoms with Crippen molar-refractivity contribution in [3.63, 3.8) is 0 Å². The molecule has 0 saturated carbocycles. The second kappa shape index (κ2) is 7.02. The number of hydrogen-bond donors (Lipinski definition) is 1. The molecule has 0 aliphatic carbocycles. The third kappa shape index (κ3) is 3.90. The molecule has 2 nitrogen and oxygen atoms in total. The van der Waals surface area contributed by atoms with E-state index in [9.17, 15) is 8.78 Å². The molecule has 1 unspecified atom stereocenters. The number of hydrogen-bond acceptors (Lipinski definition) is 2. The van der Waals surface area contributed by atoms with Crippen LogP contribution in [0.25, 0.3) is 0 Å². The summed E-state index contributed by atoms with van der Waals surface area (Å²) in [4.78, 5) is 2.22. The predicted molar refractivity (Wildman–Crippen MR) is 70.7 cm³/mol. The van der Waals surface area contributed by atoms with Crippen molar-refractivity contribution in [1.29, 1.82) is 0 Å². The van der Waals surface area contributed by atoms with Crippen molar-refractivity contribution < 1.29 is 8.78 Å². The molecule has 0 amide bonds. The molecular weight excluding hydrogens is 258 g/mol. The molecule has 2 N–H and O–H groups in total. The van der Waals surface area contributed by atoms with Crippen LogP contribution in [0, 0.1) is 11.6 Å². The Bertz CT molecular complexity index is 367. The molecule has 102 valence electrons. The van der Waals surface area contributed by atoms with Crippen molar-refractivity contribution >= 4 is 12.4 Å². The van der Waals surface area contributed by atoms with Gasteiger partial charge in [0.1, 0.15) is 11.6 Å². The molecular formula is C13H19ClF2N2. The molecule has 0 bridgehead atoms. The molecule has 1 saturated heterocycles. The molecule has 2 rings (SSSR count). The summed E-state index contributed by atoms with van der Waals surface area (Å²) < 4.78 is 26.2. The molecule has 18 heavy (non-hydrogen) atoms. The predicted octanol–water partition coefficient (Wildman–Crippen LogP) is 2.70. The van der Waals surface area contributed by atoms with Gasteiger partial charge in [-0.3, -0.25) is 4.90 Å². The summed E-state index contributed by atoms with van der Waals surface area (Å²) in [5.74, 6) is -1.03. The lowest BCUT2D eigenvalue weighted by molar-refractivity contribution is 0.144. The van der Waals surface area contributed by atoms with Gasteiger partial charge in [-0.2, -0.15) is 0 Å². The molecule has 1 aromatic carbocycles. The van der Waals surface area contributed by atoms with Gasteiger partial charge in [0.15, 0.2) is 0 Å². The highest BCUT2D eigenvalue weighted by Gasteiger charge is 2.21. The zero-order chi connectivity index (χ0) is 12.3. The van der Waals surface area contributed by atoms with E-state index in [2.05, 4.69) is 4.90 Å². The van der Waals surface area contributed by atoms with Crippen LogP contribution in [0.3, 0.4) is 0 Å². The third-order valence-electron chi connectivity index (χ3n) is 3.33. The van der Waals surface area contributed by atoms with Gasteiger partial charge in [0.25, 0.3) is 0 Å². The summed E-state index contributed by atoms with van der Waals surface area (Å²) in [5, 5.41) is 0. The molecule has 1 fully saturated rings. The van der Waals surface area contributed by atoms with Crippen LogP contribution in [0.15, 0.2) is 18.2 Å². The third-order valence-corrected chi connectivity index (χ3v) is 3.33. The van der Waals surface area contributed by atoms with E-state index < -0.39 is 11.6 Å². The van der Waals surface area contributed by atoms with Crippen molar-refractivity contribution in [2.45, 2.75) is 31.8 Å². The van der Waals surface area contributed by atoms with Gasteiger partial charge in [0.05, 0.1) is 0 Å². The van der Waals surface area contributed by atoms with Crippen LogP contribution in [0.5, 0.6) is 0 Å². The lowest BCUT2D eigenvalue weighted by Gasteiger charge is -2.35. The topological polar surface area (TPSA) is 29.3 Å². The molecule has 1 atom stereocenters. The van der Waals surface area contributed by atoms with Crippen molar-refractivity contribution in [2.24, 2.45) is 5.73 Å². The summed E-state index contributed by atoms with van der Waals surface area (Å²) in [5.41, 5.74) is 6.40. The van der Waals surface area contributed by atoms with Crippen molar-refractivity contribution in [3.8, 4) is 0 Å². The van der Waals surface area contributed by atoms with Crippen LogP contribution < -0.4 is 5.73 Å². The lowest BCUT2D eigenvalue weighted by atomic mass is 10.0. The summed E-state index contributed by atoms with van der Waals surface area (Å²) in [6.45, 7) is 2.15. The normalized spacial score (nSPS) is 20.5. The van der Waals surface area contributed by atoms with Crippen LogP contribution in [-0.4, -0.2) is 24.0 Å². The van der Waals surface area contributed by atoms with Crippen molar-refractivity contribution in [2.75, 3.05) is 13.1 Å². The molecule has 1 heterocycles. The number of benzene rings is 1. The Kier molecular flexibility index (Phi) is 5.99. The first-order valence-electron chi connectivity index (χ1n) is 6.08. The second-order valence-electron chi connectivity index (χ2n) is 4.63. The van der Waals surface area contributed by atoms with Crippen molar-refractivity contribution in [1.82, 2.24) is 4.90 Å². The average molecular weight is 277 g/mol. The maximum absolute atomic E-state index is 13.1. The highest BCUT2D eigenvalue weighted by atomic mass is 35.5. The van der Waals surface area contributed by atoms with Crippen LogP contribution in [0.2, 0.25) is 0 Å². The van der Waals surface area contributed by atoms with Gasteiger partial charge in [-0.1, -0.05) is 6.42 Å². The molecule has 1 aliphatic heterocycles. The fourth-order valence-corrected chi connectivity index (χ4v) is 2.47. The van der Waals surface area contributed by atoms with E-state index in [1.807, 2.05) is 0 Å². The van der Waals surface area contributed by atoms with Gasteiger partial charge in [-0.25, -0.2) is 8.78 Å². The fraction of sp³-hybridized carbons (Fsp3) is 0.538. The summed E-state index contributed by atoms with van der Waals surface area (Å²) in [6.07, 6.45) is 3.40. The van der Waals surface area contributed by atoms with Gasteiger partial charge >= 0.3 is 0 Å². The smallest absolute Gasteiger partial charge is 0.126 e. The minimum absolute atomic E-state index is 0. The first kappa shape index (κ1) is 15.3. The molecule has 0 aromatic heterocycles. The fourth-order valence-electron chi connectivity index (χ4n) is 2.47. The number of nitrogens with two attached hydrogens (primary N) is 1. The van der Waals surface area contributed by atoms with Gasteiger partial charge in [0, 0.05) is 25.2 Å². The van der Waals surface area contributed by atoms with E-state index in [1.165, 1.54) is 18.6 Å². The standard InChI is InChI=1S/C13H18F2N2.ClH/c14-11-5-10(6-12(15)7-11)9-17-4-2-1-3-13(17)8-16;/h5-7,13H,1-4,8-9,16H2;1H. The van der Waals surface area contributed by atoms with E-state index in [0.29, 0.717) is 24.7 Å². The summed E-state index contributed by atoms with van der Waals surface area (Å²) in [7, 11) is 0. The monoisotopic (exact) mass is 276 g/mol. The Labute approximate surface area is 113 Å². The Morgan fingerprint density at radius 3 is 2.44 bits per heavy atom. The maximum Gasteiger partial charge on any atom is 0.126 e. The number of piperidine rings is 1. The number of likely N-dealkylation sites (tertiary alicyclic amines) is 1. The molecule has 1 aliphatic rings. The average Bonchev–Trinajstić information content (AvgIpc) is 2.28. The molecule has 5 heteroatoms. The Hall–Kier alpha value is -0.710. The van der Waals surface area contributed by atoms with Gasteiger partial charge in [-0.15, -0.1) is 12.4 Å². The number of nitrogens with zero attached hydrogens (tertiary/aromatic N) is 1. The van der Waals surface area contributed by atoms with Crippen LogP contribution in [0.4, 0.5) is 8.78 Å². The zero-order valence-corrected chi connectivity index (χ0v) is 11.1. The van der Waals surface area contributed by atoms with Gasteiger partial charge in [0.2, 0.25) is 0 Å². The Balaban J connectivity index is 0.00000162. The summed E-state index contributed by atoms with van der Waals surface area (Å²) >= 11 is 0. The quantitative estimate of drug-likeness (QED) is 0.920. The number of halogens is 3. The highest BCUT2D eigenvalue weighted by Crippen LogP contribution is 2.19. The van der Waals surface area contributed by atoms with Crippen LogP contribution in [-0.2, 0) is 6.54 Å². The molecule has 0 radical (unpaired) electrons. The van der Waals surface area contributed by atoms with Gasteiger partial charge in [-0.05, 0) is 37.1 Å². The van der Waals surface area contributed by atoms with Crippen molar-refractivity contribution in [3.05, 3.63) is 35.4 Å². The first-order valence-corrected chi connectivity index (χ1v) is 6.08. The largest absolute Gasteiger partial charge is 0.329 e.